The highest BCUT2D eigenvalue weighted by molar-refractivity contribution is 5.93. The van der Waals surface area contributed by atoms with E-state index in [1.807, 2.05) is 24.3 Å². The van der Waals surface area contributed by atoms with Gasteiger partial charge in [-0.15, -0.1) is 0 Å². The minimum atomic E-state index is -0.642. The van der Waals surface area contributed by atoms with Gasteiger partial charge in [-0.25, -0.2) is 18.7 Å². The van der Waals surface area contributed by atoms with Gasteiger partial charge in [0.1, 0.15) is 23.0 Å². The second kappa shape index (κ2) is 18.4. The molecule has 10 rings (SSSR count). The van der Waals surface area contributed by atoms with E-state index in [1.54, 1.807) is 55.8 Å². The summed E-state index contributed by atoms with van der Waals surface area (Å²) >= 11 is 0. The standard InChI is InChI=1S/C50H54F2N10O4/c1-53-47(63)40-13-11-37(28-54-40)61-19-15-60(16-20-61)36-10-8-31(24-36)43-26-33-5-6-34(46(52)45(33)50(66)58-43)27-56-48(64)41-14-12-38(29-55-41)62-21-17-59(18-22-62)35-9-7-30(23-35)42-25-32-3-2-4-39(51)44(32)49(65)57-42/h2-6,11-14,25-26,28-31,35-36H,7-10,15-24,27H2,1H3,(H,53,63)(H,56,64)(H,57,65)(H,58,66)/t30?,31-,35?,36+/m1/s1. The van der Waals surface area contributed by atoms with Crippen LogP contribution in [-0.2, 0) is 6.54 Å². The number of rotatable bonds is 10. The van der Waals surface area contributed by atoms with Crippen molar-refractivity contribution >= 4 is 44.7 Å². The molecule has 2 saturated carbocycles. The fraction of sp³-hybridized carbons (Fsp3) is 0.400. The zero-order chi connectivity index (χ0) is 45.5. The third-order valence-corrected chi connectivity index (χ3v) is 14.6. The van der Waals surface area contributed by atoms with Gasteiger partial charge in [0.05, 0.1) is 34.5 Å². The lowest BCUT2D eigenvalue weighted by Gasteiger charge is -2.39. The summed E-state index contributed by atoms with van der Waals surface area (Å²) in [6, 6.07) is 20.0. The van der Waals surface area contributed by atoms with Gasteiger partial charge in [0.25, 0.3) is 22.9 Å². The lowest BCUT2D eigenvalue weighted by atomic mass is 9.99. The van der Waals surface area contributed by atoms with Crippen LogP contribution in [0.5, 0.6) is 0 Å². The summed E-state index contributed by atoms with van der Waals surface area (Å²) in [6.07, 6.45) is 9.24. The quantitative estimate of drug-likeness (QED) is 0.135. The number of halogens is 2. The third kappa shape index (κ3) is 8.66. The maximum atomic E-state index is 15.9. The predicted molar refractivity (Wildman–Crippen MR) is 250 cm³/mol. The number of carbonyl (C=O) groups excluding carboxylic acids is 2. The van der Waals surface area contributed by atoms with Gasteiger partial charge >= 0.3 is 0 Å². The van der Waals surface area contributed by atoms with Crippen molar-refractivity contribution in [2.75, 3.05) is 69.2 Å². The average Bonchev–Trinajstić information content (AvgIpc) is 4.06. The van der Waals surface area contributed by atoms with Crippen LogP contribution in [0.15, 0.2) is 88.7 Å². The second-order valence-corrected chi connectivity index (χ2v) is 18.3. The molecule has 342 valence electrons. The first-order chi connectivity index (χ1) is 32.1. The van der Waals surface area contributed by atoms with Gasteiger partial charge in [-0.1, -0.05) is 24.3 Å². The van der Waals surface area contributed by atoms with Crippen LogP contribution in [-0.4, -0.2) is 113 Å². The summed E-state index contributed by atoms with van der Waals surface area (Å²) in [6.45, 7) is 6.79. The first-order valence-corrected chi connectivity index (χ1v) is 23.2. The number of amides is 2. The van der Waals surface area contributed by atoms with Crippen LogP contribution in [0.2, 0.25) is 0 Å². The molecule has 16 heteroatoms. The van der Waals surface area contributed by atoms with Crippen molar-refractivity contribution < 1.29 is 18.4 Å². The van der Waals surface area contributed by atoms with Crippen molar-refractivity contribution in [1.29, 1.82) is 0 Å². The number of benzene rings is 2. The van der Waals surface area contributed by atoms with E-state index >= 15 is 4.39 Å². The van der Waals surface area contributed by atoms with Crippen molar-refractivity contribution in [2.45, 2.75) is 69.0 Å². The maximum Gasteiger partial charge on any atom is 0.270 e. The monoisotopic (exact) mass is 896 g/mol. The van der Waals surface area contributed by atoms with Gasteiger partial charge in [-0.3, -0.25) is 29.0 Å². The molecule has 6 heterocycles. The molecule has 2 amide bonds. The van der Waals surface area contributed by atoms with Crippen LogP contribution in [0.4, 0.5) is 20.2 Å². The Morgan fingerprint density at radius 2 is 1.18 bits per heavy atom. The molecule has 0 bridgehead atoms. The summed E-state index contributed by atoms with van der Waals surface area (Å²) in [7, 11) is 1.59. The normalized spacial score (nSPS) is 21.7. The number of hydrogen-bond donors (Lipinski definition) is 4. The van der Waals surface area contributed by atoms with Crippen LogP contribution in [0.25, 0.3) is 21.5 Å². The highest BCUT2D eigenvalue weighted by Gasteiger charge is 2.34. The third-order valence-electron chi connectivity index (χ3n) is 14.6. The average molecular weight is 897 g/mol. The fourth-order valence-electron chi connectivity index (χ4n) is 10.9. The van der Waals surface area contributed by atoms with E-state index in [9.17, 15) is 23.6 Å². The molecule has 4 fully saturated rings. The molecule has 2 aromatic carbocycles. The number of nitrogens with one attached hydrogen (secondary N) is 4. The number of aromatic amines is 2. The minimum absolute atomic E-state index is 0.0107. The maximum absolute atomic E-state index is 15.9. The van der Waals surface area contributed by atoms with Gasteiger partial charge in [0.2, 0.25) is 0 Å². The van der Waals surface area contributed by atoms with Gasteiger partial charge in [-0.2, -0.15) is 0 Å². The Bertz CT molecular complexity index is 2890. The highest BCUT2D eigenvalue weighted by atomic mass is 19.1. The number of nitrogens with zero attached hydrogens (tertiary/aromatic N) is 6. The molecule has 2 unspecified atom stereocenters. The summed E-state index contributed by atoms with van der Waals surface area (Å²) in [4.78, 5) is 75.5. The van der Waals surface area contributed by atoms with Crippen molar-refractivity contribution in [3.63, 3.8) is 0 Å². The van der Waals surface area contributed by atoms with Gasteiger partial charge in [0, 0.05) is 107 Å². The number of pyridine rings is 4. The van der Waals surface area contributed by atoms with Crippen LogP contribution >= 0.6 is 0 Å². The van der Waals surface area contributed by atoms with E-state index in [0.29, 0.717) is 28.6 Å². The Kier molecular flexibility index (Phi) is 12.1. The van der Waals surface area contributed by atoms with Gasteiger partial charge in [0.15, 0.2) is 0 Å². The summed E-state index contributed by atoms with van der Waals surface area (Å²) in [5.41, 5.74) is 3.61. The first kappa shape index (κ1) is 43.4. The molecule has 66 heavy (non-hydrogen) atoms. The Labute approximate surface area is 380 Å². The van der Waals surface area contributed by atoms with E-state index in [-0.39, 0.29) is 51.9 Å². The SMILES string of the molecule is CNC(=O)c1ccc(N2CCN([C@H]3CC[C@@H](c4cc5ccc(CNC(=O)c6ccc(N7CCN(C8CCC(c9cc%10cccc(F)c%10c(=O)[nH]9)C8)CC7)cn6)c(F)c5c(=O)[nH]4)C3)CC2)cn1. The lowest BCUT2D eigenvalue weighted by Crippen LogP contribution is -2.49. The Morgan fingerprint density at radius 1 is 0.652 bits per heavy atom. The van der Waals surface area contributed by atoms with Crippen LogP contribution in [0, 0.1) is 11.6 Å². The number of piperazine rings is 2. The highest BCUT2D eigenvalue weighted by Crippen LogP contribution is 2.39. The molecule has 2 aliphatic carbocycles. The minimum Gasteiger partial charge on any atom is -0.368 e. The van der Waals surface area contributed by atoms with E-state index in [2.05, 4.69) is 50.2 Å². The Morgan fingerprint density at radius 3 is 1.71 bits per heavy atom. The van der Waals surface area contributed by atoms with Crippen molar-refractivity contribution in [3.8, 4) is 0 Å². The van der Waals surface area contributed by atoms with Gasteiger partial charge in [-0.05, 0) is 91.8 Å². The molecule has 0 radical (unpaired) electrons. The topological polar surface area (TPSA) is 163 Å². The van der Waals surface area contributed by atoms with Crippen molar-refractivity contribution in [1.82, 2.24) is 40.4 Å². The van der Waals surface area contributed by atoms with E-state index < -0.39 is 23.1 Å². The molecule has 14 nitrogen and oxygen atoms in total. The number of anilines is 2. The molecule has 6 aromatic rings. The molecular weight excluding hydrogens is 843 g/mol. The van der Waals surface area contributed by atoms with Crippen molar-refractivity contribution in [2.24, 2.45) is 0 Å². The summed E-state index contributed by atoms with van der Waals surface area (Å²) in [5, 5.41) is 6.66. The number of fused-ring (bicyclic) bond motifs is 2. The Hall–Kier alpha value is -6.52. The largest absolute Gasteiger partial charge is 0.368 e. The van der Waals surface area contributed by atoms with E-state index in [4.69, 9.17) is 0 Å². The summed E-state index contributed by atoms with van der Waals surface area (Å²) < 4.78 is 30.2. The van der Waals surface area contributed by atoms with Crippen LogP contribution < -0.4 is 31.6 Å². The van der Waals surface area contributed by atoms with E-state index in [0.717, 1.165) is 114 Å². The Balaban J connectivity index is 0.695. The first-order valence-electron chi connectivity index (χ1n) is 23.2. The molecule has 4 aromatic heterocycles. The molecule has 0 spiro atoms. The molecule has 4 atom stereocenters. The van der Waals surface area contributed by atoms with Gasteiger partial charge < -0.3 is 30.4 Å². The fourth-order valence-corrected chi connectivity index (χ4v) is 10.9. The molecule has 2 aliphatic heterocycles. The van der Waals surface area contributed by atoms with E-state index in [1.165, 1.54) is 6.07 Å². The molecule has 2 saturated heterocycles. The number of carbonyl (C=O) groups is 2. The van der Waals surface area contributed by atoms with Crippen molar-refractivity contribution in [3.05, 3.63) is 140 Å². The predicted octanol–water partition coefficient (Wildman–Crippen LogP) is 5.64. The van der Waals surface area contributed by atoms with Crippen LogP contribution in [0.3, 0.4) is 0 Å². The number of hydrogen-bond acceptors (Lipinski definition) is 10. The summed E-state index contributed by atoms with van der Waals surface area (Å²) in [5.74, 6) is -1.40. The zero-order valence-electron chi connectivity index (χ0n) is 37.0. The molecule has 4 N–H and O–H groups in total. The zero-order valence-corrected chi connectivity index (χ0v) is 37.0. The molecular formula is C50H54F2N10O4. The number of aromatic nitrogens is 4. The lowest BCUT2D eigenvalue weighted by molar-refractivity contribution is 0.0941. The number of H-pyrrole nitrogens is 2. The van der Waals surface area contributed by atoms with Crippen LogP contribution in [0.1, 0.15) is 88.3 Å². The molecule has 4 aliphatic rings. The second-order valence-electron chi connectivity index (χ2n) is 18.3. The smallest absolute Gasteiger partial charge is 0.270 e.